The molecular weight excluding hydrogens is 162 g/mol. The van der Waals surface area contributed by atoms with E-state index in [1.165, 1.54) is 12.8 Å². The van der Waals surface area contributed by atoms with Gasteiger partial charge in [0.2, 0.25) is 0 Å². The van der Waals surface area contributed by atoms with Gasteiger partial charge in [0.1, 0.15) is 0 Å². The molecule has 2 heterocycles. The summed E-state index contributed by atoms with van der Waals surface area (Å²) in [5.74, 6) is 0. The lowest BCUT2D eigenvalue weighted by atomic mass is 9.62. The quantitative estimate of drug-likeness (QED) is 0.691. The molecule has 0 atom stereocenters. The summed E-state index contributed by atoms with van der Waals surface area (Å²) in [5.41, 5.74) is 6.30. The van der Waals surface area contributed by atoms with Crippen molar-refractivity contribution in [2.45, 2.75) is 31.8 Å². The number of hydrogen-bond donors (Lipinski definition) is 1. The van der Waals surface area contributed by atoms with Crippen molar-refractivity contribution in [2.24, 2.45) is 11.1 Å². The predicted molar refractivity (Wildman–Crippen MR) is 46.9 cm³/mol. The molecule has 3 fully saturated rings. The van der Waals surface area contributed by atoms with Gasteiger partial charge in [-0.05, 0) is 19.3 Å². The van der Waals surface area contributed by atoms with E-state index in [1.54, 1.807) is 0 Å². The summed E-state index contributed by atoms with van der Waals surface area (Å²) in [5, 5.41) is 0. The molecule has 2 bridgehead atoms. The summed E-state index contributed by atoms with van der Waals surface area (Å²) in [7, 11) is 0. The minimum atomic E-state index is 0. The van der Waals surface area contributed by atoms with Crippen LogP contribution in [0.4, 0.5) is 0 Å². The van der Waals surface area contributed by atoms with Crippen LogP contribution in [0.25, 0.3) is 0 Å². The molecule has 0 unspecified atom stereocenters. The largest absolute Gasteiger partial charge is 0.374 e. The lowest BCUT2D eigenvalue weighted by Gasteiger charge is -2.43. The average Bonchev–Trinajstić information content (AvgIpc) is 2.40. The Kier molecular flexibility index (Phi) is 2.21. The highest BCUT2D eigenvalue weighted by Crippen LogP contribution is 2.58. The van der Waals surface area contributed by atoms with Gasteiger partial charge in [0, 0.05) is 12.0 Å². The van der Waals surface area contributed by atoms with Crippen molar-refractivity contribution in [3.63, 3.8) is 0 Å². The third kappa shape index (κ3) is 1.08. The van der Waals surface area contributed by atoms with Crippen LogP contribution < -0.4 is 5.73 Å². The third-order valence-electron chi connectivity index (χ3n) is 3.16. The fraction of sp³-hybridized carbons (Fsp3) is 1.00. The molecule has 66 valence electrons. The van der Waals surface area contributed by atoms with Crippen LogP contribution in [0.5, 0.6) is 0 Å². The van der Waals surface area contributed by atoms with Gasteiger partial charge >= 0.3 is 0 Å². The molecule has 0 spiro atoms. The molecule has 3 aliphatic rings. The topological polar surface area (TPSA) is 35.2 Å². The van der Waals surface area contributed by atoms with E-state index in [0.717, 1.165) is 19.6 Å². The van der Waals surface area contributed by atoms with E-state index in [2.05, 4.69) is 6.92 Å². The zero-order valence-corrected chi connectivity index (χ0v) is 7.75. The van der Waals surface area contributed by atoms with Crippen LogP contribution in [-0.2, 0) is 4.74 Å². The van der Waals surface area contributed by atoms with Crippen molar-refractivity contribution in [2.75, 3.05) is 13.2 Å². The summed E-state index contributed by atoms with van der Waals surface area (Å²) in [6, 6.07) is 0. The lowest BCUT2D eigenvalue weighted by molar-refractivity contribution is -0.0163. The summed E-state index contributed by atoms with van der Waals surface area (Å²) in [6.07, 6.45) is 3.59. The van der Waals surface area contributed by atoms with Gasteiger partial charge in [-0.25, -0.2) is 0 Å². The molecule has 11 heavy (non-hydrogen) atoms. The first-order valence-electron chi connectivity index (χ1n) is 4.08. The molecule has 1 saturated carbocycles. The second kappa shape index (κ2) is 2.61. The molecule has 2 N–H and O–H groups in total. The number of halogens is 1. The van der Waals surface area contributed by atoms with Gasteiger partial charge in [-0.15, -0.1) is 12.4 Å². The maximum atomic E-state index is 5.68. The second-order valence-corrected chi connectivity index (χ2v) is 3.88. The maximum Gasteiger partial charge on any atom is 0.0693 e. The molecule has 3 rings (SSSR count). The first-order valence-corrected chi connectivity index (χ1v) is 4.08. The Morgan fingerprint density at radius 1 is 1.45 bits per heavy atom. The van der Waals surface area contributed by atoms with E-state index >= 15 is 0 Å². The van der Waals surface area contributed by atoms with Crippen LogP contribution >= 0.6 is 12.4 Å². The van der Waals surface area contributed by atoms with Crippen molar-refractivity contribution in [1.82, 2.24) is 0 Å². The van der Waals surface area contributed by atoms with Gasteiger partial charge in [0.15, 0.2) is 0 Å². The molecule has 0 aromatic carbocycles. The van der Waals surface area contributed by atoms with Gasteiger partial charge in [0.25, 0.3) is 0 Å². The molecule has 0 aromatic rings. The monoisotopic (exact) mass is 177 g/mol. The summed E-state index contributed by atoms with van der Waals surface area (Å²) in [4.78, 5) is 0. The Balaban J connectivity index is 0.000000605. The molecule has 2 aliphatic heterocycles. The molecule has 2 nitrogen and oxygen atoms in total. The number of ether oxygens (including phenoxy) is 1. The molecule has 0 radical (unpaired) electrons. The van der Waals surface area contributed by atoms with Gasteiger partial charge in [-0.2, -0.15) is 0 Å². The minimum Gasteiger partial charge on any atom is -0.374 e. The Bertz CT molecular complexity index is 138. The molecule has 1 aliphatic carbocycles. The Morgan fingerprint density at radius 3 is 2.36 bits per heavy atom. The normalized spacial score (nSPS) is 46.4. The first kappa shape index (κ1) is 9.30. The Morgan fingerprint density at radius 2 is 2.09 bits per heavy atom. The smallest absolute Gasteiger partial charge is 0.0693 e. The van der Waals surface area contributed by atoms with Crippen molar-refractivity contribution >= 4 is 12.4 Å². The minimum absolute atomic E-state index is 0. The van der Waals surface area contributed by atoms with Crippen molar-refractivity contribution in [3.05, 3.63) is 0 Å². The van der Waals surface area contributed by atoms with Crippen molar-refractivity contribution in [3.8, 4) is 0 Å². The average molecular weight is 178 g/mol. The highest BCUT2D eigenvalue weighted by Gasteiger charge is 2.60. The van der Waals surface area contributed by atoms with Crippen molar-refractivity contribution in [1.29, 1.82) is 0 Å². The standard InChI is InChI=1S/C8H15NO.ClH/c1-2-8-3-7(4-8,5-9)6-10-8;/h2-6,9H2,1H3;1H. The number of nitrogens with two attached hydrogens (primary N) is 1. The lowest BCUT2D eigenvalue weighted by Crippen LogP contribution is -2.47. The van der Waals surface area contributed by atoms with Crippen LogP contribution in [0.15, 0.2) is 0 Å². The molecule has 3 heteroatoms. The maximum absolute atomic E-state index is 5.68. The molecule has 2 saturated heterocycles. The third-order valence-corrected chi connectivity index (χ3v) is 3.16. The van der Waals surface area contributed by atoms with Gasteiger partial charge in [-0.1, -0.05) is 6.92 Å². The van der Waals surface area contributed by atoms with Crippen LogP contribution in [-0.4, -0.2) is 18.8 Å². The van der Waals surface area contributed by atoms with E-state index in [-0.39, 0.29) is 18.0 Å². The number of rotatable bonds is 2. The van der Waals surface area contributed by atoms with E-state index in [4.69, 9.17) is 10.5 Å². The molecule has 0 aromatic heterocycles. The van der Waals surface area contributed by atoms with Crippen LogP contribution in [0, 0.1) is 5.41 Å². The summed E-state index contributed by atoms with van der Waals surface area (Å²) >= 11 is 0. The highest BCUT2D eigenvalue weighted by atomic mass is 35.5. The van der Waals surface area contributed by atoms with Gasteiger partial charge in [-0.3, -0.25) is 0 Å². The number of hydrogen-bond acceptors (Lipinski definition) is 2. The zero-order valence-electron chi connectivity index (χ0n) is 6.93. The fourth-order valence-corrected chi connectivity index (χ4v) is 2.38. The van der Waals surface area contributed by atoms with Gasteiger partial charge < -0.3 is 10.5 Å². The SMILES string of the molecule is CCC12CC(CN)(CO1)C2.Cl. The molecule has 0 amide bonds. The van der Waals surface area contributed by atoms with Crippen molar-refractivity contribution < 1.29 is 4.74 Å². The van der Waals surface area contributed by atoms with E-state index in [0.29, 0.717) is 5.41 Å². The van der Waals surface area contributed by atoms with Crippen LogP contribution in [0.1, 0.15) is 26.2 Å². The van der Waals surface area contributed by atoms with E-state index in [1.807, 2.05) is 0 Å². The number of fused-ring (bicyclic) bond motifs is 1. The Labute approximate surface area is 73.9 Å². The highest BCUT2D eigenvalue weighted by molar-refractivity contribution is 5.85. The second-order valence-electron chi connectivity index (χ2n) is 3.88. The summed E-state index contributed by atoms with van der Waals surface area (Å²) < 4.78 is 5.68. The first-order chi connectivity index (χ1) is 4.74. The van der Waals surface area contributed by atoms with Crippen LogP contribution in [0.2, 0.25) is 0 Å². The fourth-order valence-electron chi connectivity index (χ4n) is 2.38. The van der Waals surface area contributed by atoms with E-state index < -0.39 is 0 Å². The van der Waals surface area contributed by atoms with Gasteiger partial charge in [0.05, 0.1) is 12.2 Å². The molecular formula is C8H16ClNO. The predicted octanol–water partition coefficient (Wildman–Crippen LogP) is 1.33. The summed E-state index contributed by atoms with van der Waals surface area (Å²) in [6.45, 7) is 3.93. The Hall–Kier alpha value is 0.210. The zero-order chi connectivity index (χ0) is 7.24. The van der Waals surface area contributed by atoms with Crippen LogP contribution in [0.3, 0.4) is 0 Å². The van der Waals surface area contributed by atoms with E-state index in [9.17, 15) is 0 Å².